The number of amides is 2. The van der Waals surface area contributed by atoms with Crippen LogP contribution in [0.15, 0.2) is 48.5 Å². The number of alkyl halides is 2. The van der Waals surface area contributed by atoms with Gasteiger partial charge in [-0.2, -0.15) is 8.78 Å². The molecule has 2 aromatic rings. The predicted octanol–water partition coefficient (Wildman–Crippen LogP) is 3.28. The molecule has 1 aliphatic rings. The molecule has 1 fully saturated rings. The van der Waals surface area contributed by atoms with Gasteiger partial charge in [0.1, 0.15) is 5.75 Å². The Morgan fingerprint density at radius 2 is 1.89 bits per heavy atom. The summed E-state index contributed by atoms with van der Waals surface area (Å²) in [7, 11) is 0. The zero-order chi connectivity index (χ0) is 19.4. The molecule has 5 nitrogen and oxygen atoms in total. The number of nitrogens with one attached hydrogen (secondary N) is 2. The predicted molar refractivity (Wildman–Crippen MR) is 95.6 cm³/mol. The fourth-order valence-corrected chi connectivity index (χ4v) is 3.16. The van der Waals surface area contributed by atoms with E-state index in [1.165, 1.54) is 12.1 Å². The number of carbonyl (C=O) groups excluding carboxylic acids is 2. The zero-order valence-electron chi connectivity index (χ0n) is 14.1. The lowest BCUT2D eigenvalue weighted by Gasteiger charge is -2.22. The Labute approximate surface area is 159 Å². The number of halogens is 3. The van der Waals surface area contributed by atoms with Crippen molar-refractivity contribution in [1.29, 1.82) is 0 Å². The van der Waals surface area contributed by atoms with Crippen LogP contribution in [0.3, 0.4) is 0 Å². The fraction of sp³-hybridized carbons (Fsp3) is 0.263. The molecule has 1 heterocycles. The molecule has 0 saturated carbocycles. The van der Waals surface area contributed by atoms with Gasteiger partial charge >= 0.3 is 6.61 Å². The highest BCUT2D eigenvalue weighted by atomic mass is 35.5. The highest BCUT2D eigenvalue weighted by Crippen LogP contribution is 2.28. The first kappa shape index (κ1) is 19.1. The quantitative estimate of drug-likeness (QED) is 0.790. The summed E-state index contributed by atoms with van der Waals surface area (Å²) in [5, 5.41) is 5.98. The Morgan fingerprint density at radius 3 is 2.52 bits per heavy atom. The normalized spacial score (nSPS) is 17.5. The first-order chi connectivity index (χ1) is 12.9. The maximum absolute atomic E-state index is 12.6. The van der Waals surface area contributed by atoms with E-state index >= 15 is 0 Å². The second-order valence-corrected chi connectivity index (χ2v) is 6.59. The van der Waals surface area contributed by atoms with E-state index in [1.807, 2.05) is 0 Å². The monoisotopic (exact) mass is 394 g/mol. The number of ether oxygens (including phenoxy) is 1. The van der Waals surface area contributed by atoms with Crippen molar-refractivity contribution in [3.05, 3.63) is 64.7 Å². The number of hydrogen-bond acceptors (Lipinski definition) is 3. The third-order valence-electron chi connectivity index (χ3n) is 4.23. The van der Waals surface area contributed by atoms with E-state index < -0.39 is 18.6 Å². The molecule has 0 aromatic heterocycles. The Kier molecular flexibility index (Phi) is 5.91. The van der Waals surface area contributed by atoms with Crippen molar-refractivity contribution in [3.8, 4) is 5.75 Å². The summed E-state index contributed by atoms with van der Waals surface area (Å²) in [6.07, 6.45) is 0.114. The van der Waals surface area contributed by atoms with E-state index in [0.717, 1.165) is 0 Å². The minimum absolute atomic E-state index is 0.0125. The first-order valence-corrected chi connectivity index (χ1v) is 8.67. The number of hydrogen-bond donors (Lipinski definition) is 2. The molecule has 2 amide bonds. The van der Waals surface area contributed by atoms with Crippen molar-refractivity contribution >= 4 is 23.4 Å². The van der Waals surface area contributed by atoms with Crippen LogP contribution >= 0.6 is 11.6 Å². The minimum Gasteiger partial charge on any atom is -0.435 e. The smallest absolute Gasteiger partial charge is 0.387 e. The van der Waals surface area contributed by atoms with Gasteiger partial charge in [-0.25, -0.2) is 0 Å². The van der Waals surface area contributed by atoms with Gasteiger partial charge in [0.25, 0.3) is 0 Å². The molecule has 2 unspecified atom stereocenters. The molecule has 2 aromatic carbocycles. The van der Waals surface area contributed by atoms with Crippen molar-refractivity contribution in [3.63, 3.8) is 0 Å². The molecule has 142 valence electrons. The highest BCUT2D eigenvalue weighted by Gasteiger charge is 2.30. The maximum Gasteiger partial charge on any atom is 0.387 e. The van der Waals surface area contributed by atoms with Crippen molar-refractivity contribution in [1.82, 2.24) is 10.6 Å². The Morgan fingerprint density at radius 1 is 1.19 bits per heavy atom. The fourth-order valence-electron chi connectivity index (χ4n) is 2.97. The SMILES string of the molecule is O=C1CC(C(=O)NC(c2cccc(Cl)c2)c2cccc(OC(F)F)c2)CN1. The van der Waals surface area contributed by atoms with Crippen molar-refractivity contribution in [2.75, 3.05) is 6.54 Å². The summed E-state index contributed by atoms with van der Waals surface area (Å²) in [6, 6.07) is 12.4. The van der Waals surface area contributed by atoms with Gasteiger partial charge in [0.05, 0.1) is 12.0 Å². The molecule has 2 atom stereocenters. The molecular formula is C19H17ClF2N2O3. The lowest BCUT2D eigenvalue weighted by molar-refractivity contribution is -0.126. The van der Waals surface area contributed by atoms with Gasteiger partial charge in [0.15, 0.2) is 0 Å². The van der Waals surface area contributed by atoms with Crippen LogP contribution in [-0.4, -0.2) is 25.0 Å². The van der Waals surface area contributed by atoms with Crippen molar-refractivity contribution in [2.45, 2.75) is 19.1 Å². The van der Waals surface area contributed by atoms with Crippen LogP contribution in [0.5, 0.6) is 5.75 Å². The number of rotatable bonds is 6. The second-order valence-electron chi connectivity index (χ2n) is 6.15. The third-order valence-corrected chi connectivity index (χ3v) is 4.47. The molecule has 2 N–H and O–H groups in total. The highest BCUT2D eigenvalue weighted by molar-refractivity contribution is 6.30. The molecule has 3 rings (SSSR count). The Bertz CT molecular complexity index is 847. The molecule has 0 aliphatic carbocycles. The van der Waals surface area contributed by atoms with E-state index in [9.17, 15) is 18.4 Å². The molecular weight excluding hydrogens is 378 g/mol. The van der Waals surface area contributed by atoms with E-state index in [1.54, 1.807) is 36.4 Å². The van der Waals surface area contributed by atoms with E-state index in [0.29, 0.717) is 16.1 Å². The molecule has 8 heteroatoms. The molecule has 1 aliphatic heterocycles. The molecule has 0 bridgehead atoms. The summed E-state index contributed by atoms with van der Waals surface area (Å²) < 4.78 is 29.5. The average Bonchev–Trinajstić information content (AvgIpc) is 3.05. The van der Waals surface area contributed by atoms with Crippen LogP contribution in [0.4, 0.5) is 8.78 Å². The van der Waals surface area contributed by atoms with Gasteiger partial charge in [0.2, 0.25) is 11.8 Å². The first-order valence-electron chi connectivity index (χ1n) is 8.29. The van der Waals surface area contributed by atoms with Gasteiger partial charge in [-0.1, -0.05) is 35.9 Å². The van der Waals surface area contributed by atoms with Crippen LogP contribution in [0.1, 0.15) is 23.6 Å². The summed E-state index contributed by atoms with van der Waals surface area (Å²) >= 11 is 6.07. The van der Waals surface area contributed by atoms with Gasteiger partial charge in [-0.3, -0.25) is 9.59 Å². The Balaban J connectivity index is 1.90. The summed E-state index contributed by atoms with van der Waals surface area (Å²) in [5.74, 6) is -0.985. The van der Waals surface area contributed by atoms with Crippen LogP contribution in [0.2, 0.25) is 5.02 Å². The molecule has 1 saturated heterocycles. The van der Waals surface area contributed by atoms with E-state index in [4.69, 9.17) is 11.6 Å². The van der Waals surface area contributed by atoms with Crippen molar-refractivity contribution < 1.29 is 23.1 Å². The average molecular weight is 395 g/mol. The largest absolute Gasteiger partial charge is 0.435 e. The summed E-state index contributed by atoms with van der Waals surface area (Å²) in [5.41, 5.74) is 1.24. The zero-order valence-corrected chi connectivity index (χ0v) is 14.9. The Hall–Kier alpha value is -2.67. The number of benzene rings is 2. The van der Waals surface area contributed by atoms with Gasteiger partial charge in [-0.05, 0) is 35.4 Å². The second kappa shape index (κ2) is 8.35. The number of carbonyl (C=O) groups is 2. The van der Waals surface area contributed by atoms with Crippen LogP contribution < -0.4 is 15.4 Å². The third kappa shape index (κ3) is 4.95. The molecule has 0 radical (unpaired) electrons. The van der Waals surface area contributed by atoms with Crippen LogP contribution in [0.25, 0.3) is 0 Å². The minimum atomic E-state index is -2.95. The summed E-state index contributed by atoms with van der Waals surface area (Å²) in [4.78, 5) is 24.0. The van der Waals surface area contributed by atoms with Crippen molar-refractivity contribution in [2.24, 2.45) is 5.92 Å². The van der Waals surface area contributed by atoms with E-state index in [2.05, 4.69) is 15.4 Å². The van der Waals surface area contributed by atoms with Gasteiger partial charge in [-0.15, -0.1) is 0 Å². The molecule has 27 heavy (non-hydrogen) atoms. The van der Waals surface area contributed by atoms with Gasteiger partial charge in [0, 0.05) is 18.0 Å². The lowest BCUT2D eigenvalue weighted by atomic mass is 9.97. The standard InChI is InChI=1S/C19H17ClF2N2O3/c20-14-5-1-3-11(7-14)17(24-18(26)13-9-16(25)23-10-13)12-4-2-6-15(8-12)27-19(21)22/h1-8,13,17,19H,9-10H2,(H,23,25)(H,24,26). The van der Waals surface area contributed by atoms with Crippen LogP contribution in [0, 0.1) is 5.92 Å². The lowest BCUT2D eigenvalue weighted by Crippen LogP contribution is -2.35. The maximum atomic E-state index is 12.6. The topological polar surface area (TPSA) is 67.4 Å². The molecule has 0 spiro atoms. The van der Waals surface area contributed by atoms with Gasteiger partial charge < -0.3 is 15.4 Å². The van der Waals surface area contributed by atoms with E-state index in [-0.39, 0.29) is 30.5 Å². The van der Waals surface area contributed by atoms with Crippen LogP contribution in [-0.2, 0) is 9.59 Å². The summed E-state index contributed by atoms with van der Waals surface area (Å²) in [6.45, 7) is -2.68.